The molecular weight excluding hydrogens is 226 g/mol. The van der Waals surface area contributed by atoms with Crippen LogP contribution in [0.15, 0.2) is 28.7 Å². The van der Waals surface area contributed by atoms with E-state index in [2.05, 4.69) is 37.4 Å². The van der Waals surface area contributed by atoms with Crippen LogP contribution in [0.5, 0.6) is 0 Å². The lowest BCUT2D eigenvalue weighted by Crippen LogP contribution is -2.21. The third kappa shape index (κ3) is 3.34. The number of nitrogens with one attached hydrogen (secondary N) is 1. The number of methoxy groups -OCH3 is 1. The van der Waals surface area contributed by atoms with Crippen molar-refractivity contribution < 1.29 is 9.15 Å². The molecule has 0 bridgehead atoms. The van der Waals surface area contributed by atoms with E-state index in [4.69, 9.17) is 9.15 Å². The molecular formula is C15H21NO2. The summed E-state index contributed by atoms with van der Waals surface area (Å²) in [7, 11) is 1.73. The van der Waals surface area contributed by atoms with Gasteiger partial charge in [-0.25, -0.2) is 0 Å². The predicted octanol–water partition coefficient (Wildman–Crippen LogP) is 3.12. The molecule has 18 heavy (non-hydrogen) atoms. The molecule has 3 heteroatoms. The molecule has 1 heterocycles. The van der Waals surface area contributed by atoms with Crippen molar-refractivity contribution in [3.63, 3.8) is 0 Å². The van der Waals surface area contributed by atoms with Crippen LogP contribution in [0.4, 0.5) is 0 Å². The quantitative estimate of drug-likeness (QED) is 0.851. The van der Waals surface area contributed by atoms with Gasteiger partial charge in [0.15, 0.2) is 0 Å². The molecule has 98 valence electrons. The van der Waals surface area contributed by atoms with Crippen molar-refractivity contribution in [1.29, 1.82) is 0 Å². The fourth-order valence-electron chi connectivity index (χ4n) is 1.92. The van der Waals surface area contributed by atoms with Gasteiger partial charge >= 0.3 is 0 Å². The fraction of sp³-hybridized carbons (Fsp3) is 0.467. The van der Waals surface area contributed by atoms with Crippen molar-refractivity contribution in [3.05, 3.63) is 35.6 Å². The van der Waals surface area contributed by atoms with Crippen LogP contribution < -0.4 is 5.32 Å². The topological polar surface area (TPSA) is 34.4 Å². The van der Waals surface area contributed by atoms with E-state index >= 15 is 0 Å². The van der Waals surface area contributed by atoms with E-state index in [0.29, 0.717) is 6.04 Å². The largest absolute Gasteiger partial charge is 0.460 e. The summed E-state index contributed by atoms with van der Waals surface area (Å²) in [6.07, 6.45) is 0.942. The molecule has 0 aliphatic rings. The first kappa shape index (κ1) is 13.1. The first-order valence-electron chi connectivity index (χ1n) is 6.42. The third-order valence-electron chi connectivity index (χ3n) is 2.91. The molecule has 0 atom stereocenters. The van der Waals surface area contributed by atoms with Crippen molar-refractivity contribution >= 4 is 11.0 Å². The molecule has 0 unspecified atom stereocenters. The average molecular weight is 247 g/mol. The van der Waals surface area contributed by atoms with Gasteiger partial charge in [-0.1, -0.05) is 19.9 Å². The monoisotopic (exact) mass is 247 g/mol. The summed E-state index contributed by atoms with van der Waals surface area (Å²) < 4.78 is 10.9. The smallest absolute Gasteiger partial charge is 0.134 e. The Morgan fingerprint density at radius 3 is 2.83 bits per heavy atom. The Labute approximate surface area is 108 Å². The Morgan fingerprint density at radius 2 is 2.11 bits per heavy atom. The zero-order valence-electron chi connectivity index (χ0n) is 11.3. The van der Waals surface area contributed by atoms with Gasteiger partial charge in [-0.05, 0) is 30.2 Å². The highest BCUT2D eigenvalue weighted by molar-refractivity contribution is 5.78. The third-order valence-corrected chi connectivity index (χ3v) is 2.91. The Kier molecular flexibility index (Phi) is 4.39. The van der Waals surface area contributed by atoms with Gasteiger partial charge in [0.1, 0.15) is 11.3 Å². The minimum absolute atomic E-state index is 0.468. The minimum atomic E-state index is 0.468. The molecule has 0 aliphatic carbocycles. The molecule has 0 saturated heterocycles. The molecule has 1 aromatic heterocycles. The van der Waals surface area contributed by atoms with Crippen LogP contribution in [-0.4, -0.2) is 19.8 Å². The van der Waals surface area contributed by atoms with Gasteiger partial charge < -0.3 is 14.5 Å². The van der Waals surface area contributed by atoms with Gasteiger partial charge in [0, 0.05) is 18.5 Å². The van der Waals surface area contributed by atoms with Crippen LogP contribution >= 0.6 is 0 Å². The zero-order valence-corrected chi connectivity index (χ0v) is 11.3. The molecule has 0 aliphatic heterocycles. The van der Waals surface area contributed by atoms with Gasteiger partial charge in [0.2, 0.25) is 0 Å². The van der Waals surface area contributed by atoms with Crippen molar-refractivity contribution in [2.24, 2.45) is 0 Å². The van der Waals surface area contributed by atoms with E-state index in [1.54, 1.807) is 7.11 Å². The van der Waals surface area contributed by atoms with Crippen LogP contribution in [0.25, 0.3) is 11.0 Å². The zero-order chi connectivity index (χ0) is 13.0. The fourth-order valence-corrected chi connectivity index (χ4v) is 1.92. The van der Waals surface area contributed by atoms with Crippen molar-refractivity contribution in [1.82, 2.24) is 5.32 Å². The van der Waals surface area contributed by atoms with Gasteiger partial charge in [-0.3, -0.25) is 0 Å². The number of fused-ring (bicyclic) bond motifs is 1. The van der Waals surface area contributed by atoms with Gasteiger partial charge in [-0.15, -0.1) is 0 Å². The maximum atomic E-state index is 5.78. The van der Waals surface area contributed by atoms with Crippen LogP contribution in [0.1, 0.15) is 25.2 Å². The Bertz CT molecular complexity index is 502. The van der Waals surface area contributed by atoms with E-state index in [1.807, 2.05) is 6.07 Å². The molecule has 0 amide bonds. The van der Waals surface area contributed by atoms with E-state index in [0.717, 1.165) is 30.9 Å². The molecule has 2 aromatic rings. The highest BCUT2D eigenvalue weighted by atomic mass is 16.5. The predicted molar refractivity (Wildman–Crippen MR) is 73.8 cm³/mol. The molecule has 0 saturated carbocycles. The van der Waals surface area contributed by atoms with Crippen LogP contribution in [0.3, 0.4) is 0 Å². The summed E-state index contributed by atoms with van der Waals surface area (Å²) in [6.45, 7) is 5.79. The van der Waals surface area contributed by atoms with Crippen LogP contribution in [0.2, 0.25) is 0 Å². The molecule has 2 rings (SSSR count). The number of hydrogen-bond acceptors (Lipinski definition) is 3. The number of benzene rings is 1. The van der Waals surface area contributed by atoms with Gasteiger partial charge in [-0.2, -0.15) is 0 Å². The Balaban J connectivity index is 2.12. The summed E-state index contributed by atoms with van der Waals surface area (Å²) in [5.41, 5.74) is 2.24. The summed E-state index contributed by atoms with van der Waals surface area (Å²) in [6, 6.07) is 8.90. The molecule has 3 nitrogen and oxygen atoms in total. The number of rotatable bonds is 6. The van der Waals surface area contributed by atoms with Crippen molar-refractivity contribution in [2.45, 2.75) is 32.9 Å². The summed E-state index contributed by atoms with van der Waals surface area (Å²) in [5.74, 6) is 0.989. The second kappa shape index (κ2) is 6.03. The molecule has 0 radical (unpaired) electrons. The lowest BCUT2D eigenvalue weighted by Gasteiger charge is -2.04. The Morgan fingerprint density at radius 1 is 1.28 bits per heavy atom. The minimum Gasteiger partial charge on any atom is -0.460 e. The summed E-state index contributed by atoms with van der Waals surface area (Å²) in [5, 5.41) is 4.53. The maximum Gasteiger partial charge on any atom is 0.134 e. The normalized spacial score (nSPS) is 11.6. The molecule has 1 aromatic carbocycles. The van der Waals surface area contributed by atoms with Crippen LogP contribution in [0, 0.1) is 0 Å². The highest BCUT2D eigenvalue weighted by Crippen LogP contribution is 2.21. The first-order chi connectivity index (χ1) is 8.69. The first-order valence-corrected chi connectivity index (χ1v) is 6.42. The lowest BCUT2D eigenvalue weighted by molar-refractivity contribution is 0.202. The van der Waals surface area contributed by atoms with Crippen molar-refractivity contribution in [2.75, 3.05) is 13.7 Å². The van der Waals surface area contributed by atoms with E-state index < -0.39 is 0 Å². The van der Waals surface area contributed by atoms with E-state index in [9.17, 15) is 0 Å². The maximum absolute atomic E-state index is 5.78. The molecule has 0 fully saturated rings. The lowest BCUT2D eigenvalue weighted by atomic mass is 10.1. The number of furan rings is 1. The summed E-state index contributed by atoms with van der Waals surface area (Å²) in [4.78, 5) is 0. The standard InChI is InChI=1S/C15H21NO2/c1-11(2)16-10-14-9-13-8-12(6-7-17-3)4-5-15(13)18-14/h4-5,8-9,11,16H,6-7,10H2,1-3H3. The van der Waals surface area contributed by atoms with Gasteiger partial charge in [0.05, 0.1) is 13.2 Å². The second-order valence-corrected chi connectivity index (χ2v) is 4.86. The number of hydrogen-bond donors (Lipinski definition) is 1. The second-order valence-electron chi connectivity index (χ2n) is 4.86. The van der Waals surface area contributed by atoms with E-state index in [1.165, 1.54) is 10.9 Å². The summed E-state index contributed by atoms with van der Waals surface area (Å²) >= 11 is 0. The Hall–Kier alpha value is -1.32. The SMILES string of the molecule is COCCc1ccc2oc(CNC(C)C)cc2c1. The van der Waals surface area contributed by atoms with Crippen molar-refractivity contribution in [3.8, 4) is 0 Å². The highest BCUT2D eigenvalue weighted by Gasteiger charge is 2.05. The van der Waals surface area contributed by atoms with Crippen LogP contribution in [-0.2, 0) is 17.7 Å². The van der Waals surface area contributed by atoms with Gasteiger partial charge in [0.25, 0.3) is 0 Å². The average Bonchev–Trinajstić information content (AvgIpc) is 2.75. The number of ether oxygens (including phenoxy) is 1. The van der Waals surface area contributed by atoms with E-state index in [-0.39, 0.29) is 0 Å². The molecule has 1 N–H and O–H groups in total. The molecule has 0 spiro atoms.